The minimum absolute atomic E-state index is 0.126. The van der Waals surface area contributed by atoms with E-state index in [-0.39, 0.29) is 5.54 Å². The maximum Gasteiger partial charge on any atom is 0.0196 e. The van der Waals surface area contributed by atoms with Crippen LogP contribution in [0.3, 0.4) is 0 Å². The van der Waals surface area contributed by atoms with E-state index in [9.17, 15) is 0 Å². The summed E-state index contributed by atoms with van der Waals surface area (Å²) >= 11 is 0. The number of likely N-dealkylation sites (tertiary alicyclic amines) is 1. The van der Waals surface area contributed by atoms with Gasteiger partial charge in [0.25, 0.3) is 0 Å². The van der Waals surface area contributed by atoms with Crippen LogP contribution in [0, 0.1) is 0 Å². The quantitative estimate of drug-likeness (QED) is 0.862. The Bertz CT molecular complexity index is 409. The topological polar surface area (TPSA) is 29.3 Å². The van der Waals surface area contributed by atoms with Gasteiger partial charge in [0.2, 0.25) is 0 Å². The summed E-state index contributed by atoms with van der Waals surface area (Å²) < 4.78 is 0. The van der Waals surface area contributed by atoms with Gasteiger partial charge in [0.1, 0.15) is 0 Å². The predicted octanol–water partition coefficient (Wildman–Crippen LogP) is 2.14. The lowest BCUT2D eigenvalue weighted by molar-refractivity contribution is 0.411. The van der Waals surface area contributed by atoms with Gasteiger partial charge in [-0.05, 0) is 56.3 Å². The van der Waals surface area contributed by atoms with Gasteiger partial charge in [0.05, 0.1) is 0 Å². The van der Waals surface area contributed by atoms with Crippen LogP contribution < -0.4 is 5.73 Å². The lowest BCUT2D eigenvalue weighted by Gasteiger charge is -2.18. The first kappa shape index (κ1) is 11.2. The van der Waals surface area contributed by atoms with Crippen LogP contribution in [0.1, 0.15) is 36.3 Å². The minimum Gasteiger partial charge on any atom is -0.325 e. The van der Waals surface area contributed by atoms with Crippen LogP contribution in [0.5, 0.6) is 0 Å². The molecule has 1 unspecified atom stereocenters. The minimum atomic E-state index is 0.126. The Labute approximate surface area is 104 Å². The summed E-state index contributed by atoms with van der Waals surface area (Å²) in [6, 6.07) is 8.92. The highest BCUT2D eigenvalue weighted by Crippen LogP contribution is 2.38. The fraction of sp³-hybridized carbons (Fsp3) is 0.600. The molecule has 0 spiro atoms. The van der Waals surface area contributed by atoms with Crippen LogP contribution in [0.2, 0.25) is 0 Å². The molecule has 0 bridgehead atoms. The molecule has 1 saturated heterocycles. The van der Waals surface area contributed by atoms with Crippen molar-refractivity contribution in [2.75, 3.05) is 20.1 Å². The van der Waals surface area contributed by atoms with Crippen molar-refractivity contribution in [3.63, 3.8) is 0 Å². The number of hydrogen-bond acceptors (Lipinski definition) is 2. The summed E-state index contributed by atoms with van der Waals surface area (Å²) in [5, 5.41) is 0. The molecule has 1 aromatic rings. The highest BCUT2D eigenvalue weighted by Gasteiger charge is 2.39. The Hall–Kier alpha value is -0.860. The van der Waals surface area contributed by atoms with Gasteiger partial charge in [-0.1, -0.05) is 24.3 Å². The van der Waals surface area contributed by atoms with Crippen molar-refractivity contribution in [3.05, 3.63) is 35.4 Å². The molecule has 1 heterocycles. The lowest BCUT2D eigenvalue weighted by atomic mass is 9.90. The average molecular weight is 230 g/mol. The zero-order valence-electron chi connectivity index (χ0n) is 10.7. The molecule has 2 nitrogen and oxygen atoms in total. The van der Waals surface area contributed by atoms with Crippen LogP contribution in [0.15, 0.2) is 24.3 Å². The van der Waals surface area contributed by atoms with Gasteiger partial charge in [0.15, 0.2) is 0 Å². The van der Waals surface area contributed by atoms with Gasteiger partial charge >= 0.3 is 0 Å². The Kier molecular flexibility index (Phi) is 2.72. The number of hydrogen-bond donors (Lipinski definition) is 1. The molecule has 0 aromatic heterocycles. The van der Waals surface area contributed by atoms with Gasteiger partial charge in [-0.25, -0.2) is 0 Å². The van der Waals surface area contributed by atoms with Gasteiger partial charge in [-0.15, -0.1) is 0 Å². The van der Waals surface area contributed by atoms with E-state index in [0.717, 1.165) is 12.3 Å². The fourth-order valence-electron chi connectivity index (χ4n) is 3.00. The summed E-state index contributed by atoms with van der Waals surface area (Å²) in [5.74, 6) is 0.721. The third-order valence-corrected chi connectivity index (χ3v) is 4.32. The molecule has 0 amide bonds. The first-order valence-electron chi connectivity index (χ1n) is 6.72. The lowest BCUT2D eigenvalue weighted by Crippen LogP contribution is -2.25. The molecule has 3 rings (SSSR count). The second-order valence-electron chi connectivity index (χ2n) is 5.99. The Morgan fingerprint density at radius 2 is 2.12 bits per heavy atom. The van der Waals surface area contributed by atoms with Gasteiger partial charge in [-0.3, -0.25) is 0 Å². The summed E-state index contributed by atoms with van der Waals surface area (Å²) in [4.78, 5) is 2.43. The predicted molar refractivity (Wildman–Crippen MR) is 71.2 cm³/mol. The summed E-state index contributed by atoms with van der Waals surface area (Å²) in [7, 11) is 2.22. The largest absolute Gasteiger partial charge is 0.325 e. The molecule has 1 aliphatic carbocycles. The van der Waals surface area contributed by atoms with Crippen molar-refractivity contribution in [2.24, 2.45) is 5.73 Å². The van der Waals surface area contributed by atoms with Crippen LogP contribution in [-0.4, -0.2) is 30.6 Å². The van der Waals surface area contributed by atoms with Gasteiger partial charge in [-0.2, -0.15) is 0 Å². The molecular formula is C15H22N2. The number of benzene rings is 1. The number of likely N-dealkylation sites (N-methyl/N-ethyl adjacent to an activating group) is 1. The fourth-order valence-corrected chi connectivity index (χ4v) is 3.00. The molecule has 1 saturated carbocycles. The van der Waals surface area contributed by atoms with Crippen LogP contribution in [-0.2, 0) is 6.42 Å². The molecule has 1 atom stereocenters. The number of rotatable bonds is 3. The monoisotopic (exact) mass is 230 g/mol. The van der Waals surface area contributed by atoms with E-state index in [1.54, 1.807) is 5.56 Å². The van der Waals surface area contributed by atoms with Crippen molar-refractivity contribution in [3.8, 4) is 0 Å². The van der Waals surface area contributed by atoms with Gasteiger partial charge in [0, 0.05) is 12.1 Å². The first-order chi connectivity index (χ1) is 8.16. The zero-order valence-corrected chi connectivity index (χ0v) is 10.7. The van der Waals surface area contributed by atoms with Crippen molar-refractivity contribution in [1.29, 1.82) is 0 Å². The van der Waals surface area contributed by atoms with Crippen LogP contribution in [0.25, 0.3) is 0 Å². The summed E-state index contributed by atoms with van der Waals surface area (Å²) in [6.45, 7) is 2.43. The van der Waals surface area contributed by atoms with Crippen LogP contribution >= 0.6 is 0 Å². The Balaban J connectivity index is 1.83. The van der Waals surface area contributed by atoms with Crippen molar-refractivity contribution < 1.29 is 0 Å². The molecule has 2 heteroatoms. The van der Waals surface area contributed by atoms with E-state index >= 15 is 0 Å². The zero-order chi connectivity index (χ0) is 11.9. The number of nitrogens with zero attached hydrogens (tertiary/aromatic N) is 1. The Morgan fingerprint density at radius 3 is 2.76 bits per heavy atom. The molecule has 1 aliphatic heterocycles. The maximum absolute atomic E-state index is 6.26. The van der Waals surface area contributed by atoms with Crippen molar-refractivity contribution in [1.82, 2.24) is 4.90 Å². The van der Waals surface area contributed by atoms with E-state index < -0.39 is 0 Å². The summed E-state index contributed by atoms with van der Waals surface area (Å²) in [6.07, 6.45) is 4.77. The average Bonchev–Trinajstić information content (AvgIpc) is 2.87. The normalized spacial score (nSPS) is 27.3. The first-order valence-corrected chi connectivity index (χ1v) is 6.72. The molecule has 17 heavy (non-hydrogen) atoms. The number of nitrogens with two attached hydrogens (primary N) is 1. The molecule has 1 aromatic carbocycles. The molecular weight excluding hydrogens is 208 g/mol. The molecule has 0 radical (unpaired) electrons. The maximum atomic E-state index is 6.26. The van der Waals surface area contributed by atoms with E-state index in [0.29, 0.717) is 0 Å². The molecule has 2 fully saturated rings. The highest BCUT2D eigenvalue weighted by molar-refractivity contribution is 5.34. The molecule has 2 aliphatic rings. The standard InChI is InChI=1S/C15H22N2/c1-17-9-6-13(11-17)14-5-3-2-4-12(14)10-15(16)7-8-15/h2-5,13H,6-11,16H2,1H3. The molecule has 92 valence electrons. The molecule has 2 N–H and O–H groups in total. The highest BCUT2D eigenvalue weighted by atomic mass is 15.1. The van der Waals surface area contributed by atoms with Crippen molar-refractivity contribution in [2.45, 2.75) is 37.1 Å². The third kappa shape index (κ3) is 2.38. The second kappa shape index (κ2) is 4.11. The smallest absolute Gasteiger partial charge is 0.0196 e. The van der Waals surface area contributed by atoms with E-state index in [1.807, 2.05) is 0 Å². The SMILES string of the molecule is CN1CCC(c2ccccc2CC2(N)CC2)C1. The van der Waals surface area contributed by atoms with Crippen LogP contribution in [0.4, 0.5) is 0 Å². The second-order valence-corrected chi connectivity index (χ2v) is 5.99. The van der Waals surface area contributed by atoms with Crippen molar-refractivity contribution >= 4 is 0 Å². The van der Waals surface area contributed by atoms with E-state index in [4.69, 9.17) is 5.73 Å². The third-order valence-electron chi connectivity index (χ3n) is 4.32. The Morgan fingerprint density at radius 1 is 1.35 bits per heavy atom. The van der Waals surface area contributed by atoms with E-state index in [2.05, 4.69) is 36.2 Å². The van der Waals surface area contributed by atoms with E-state index in [1.165, 1.54) is 37.9 Å². The summed E-state index contributed by atoms with van der Waals surface area (Å²) in [5.41, 5.74) is 9.43. The van der Waals surface area contributed by atoms with Gasteiger partial charge < -0.3 is 10.6 Å².